The molecule has 1 aliphatic rings. The summed E-state index contributed by atoms with van der Waals surface area (Å²) in [5.74, 6) is 1.03. The fourth-order valence-corrected chi connectivity index (χ4v) is 5.09. The second-order valence-corrected chi connectivity index (χ2v) is 9.63. The number of ether oxygens (including phenoxy) is 1. The van der Waals surface area contributed by atoms with Crippen LogP contribution in [-0.4, -0.2) is 28.6 Å². The number of hydrogen-bond donors (Lipinski definition) is 1. The van der Waals surface area contributed by atoms with Gasteiger partial charge in [-0.2, -0.15) is 0 Å². The molecule has 1 fully saturated rings. The molecule has 0 spiro atoms. The molecule has 1 atom stereocenters. The van der Waals surface area contributed by atoms with Gasteiger partial charge in [-0.3, -0.25) is 0 Å². The summed E-state index contributed by atoms with van der Waals surface area (Å²) >= 11 is 3.31. The van der Waals surface area contributed by atoms with Crippen LogP contribution in [0, 0.1) is 5.92 Å². The number of methoxy groups -OCH3 is 1. The zero-order valence-electron chi connectivity index (χ0n) is 15.6. The Bertz CT molecular complexity index is 885. The Hall–Kier alpha value is -1.57. The maximum Gasteiger partial charge on any atom is 0.244 e. The number of sulfonamides is 1. The molecule has 0 aliphatic carbocycles. The second kappa shape index (κ2) is 8.63. The first kappa shape index (κ1) is 20.2. The van der Waals surface area contributed by atoms with Gasteiger partial charge in [0.2, 0.25) is 10.0 Å². The lowest BCUT2D eigenvalue weighted by molar-refractivity contribution is 0.402. The van der Waals surface area contributed by atoms with E-state index >= 15 is 0 Å². The third kappa shape index (κ3) is 5.03. The lowest BCUT2D eigenvalue weighted by atomic mass is 9.99. The van der Waals surface area contributed by atoms with Crippen LogP contribution in [0.25, 0.3) is 0 Å². The molecule has 7 heteroatoms. The molecule has 0 unspecified atom stereocenters. The standard InChI is InChI=1S/C20H25BrN2O3S/c1-15-4-3-11-23(14-15)18-8-5-16(6-9-18)13-22-27(24,25)20-12-17(21)7-10-19(20)26-2/h5-10,12,15,22H,3-4,11,13-14H2,1-2H3/t15-/m0/s1. The summed E-state index contributed by atoms with van der Waals surface area (Å²) in [4.78, 5) is 2.52. The quantitative estimate of drug-likeness (QED) is 0.714. The van der Waals surface area contributed by atoms with Gasteiger partial charge in [0.25, 0.3) is 0 Å². The monoisotopic (exact) mass is 452 g/mol. The van der Waals surface area contributed by atoms with Crippen LogP contribution in [0.15, 0.2) is 51.8 Å². The van der Waals surface area contributed by atoms with Gasteiger partial charge >= 0.3 is 0 Å². The molecule has 0 aromatic heterocycles. The molecule has 5 nitrogen and oxygen atoms in total. The van der Waals surface area contributed by atoms with E-state index in [-0.39, 0.29) is 11.4 Å². The highest BCUT2D eigenvalue weighted by molar-refractivity contribution is 9.10. The van der Waals surface area contributed by atoms with E-state index in [2.05, 4.69) is 44.6 Å². The maximum atomic E-state index is 12.7. The summed E-state index contributed by atoms with van der Waals surface area (Å²) in [6.07, 6.45) is 2.51. The van der Waals surface area contributed by atoms with Crippen LogP contribution in [0.3, 0.4) is 0 Å². The highest BCUT2D eigenvalue weighted by Gasteiger charge is 2.20. The van der Waals surface area contributed by atoms with Gasteiger partial charge in [0.15, 0.2) is 0 Å². The van der Waals surface area contributed by atoms with Gasteiger partial charge in [-0.15, -0.1) is 0 Å². The van der Waals surface area contributed by atoms with E-state index in [1.165, 1.54) is 25.6 Å². The highest BCUT2D eigenvalue weighted by Crippen LogP contribution is 2.27. The van der Waals surface area contributed by atoms with Crippen LogP contribution in [0.2, 0.25) is 0 Å². The van der Waals surface area contributed by atoms with Crippen molar-refractivity contribution in [2.45, 2.75) is 31.2 Å². The van der Waals surface area contributed by atoms with Gasteiger partial charge < -0.3 is 9.64 Å². The average Bonchev–Trinajstić information content (AvgIpc) is 2.67. The SMILES string of the molecule is COc1ccc(Br)cc1S(=O)(=O)NCc1ccc(N2CCC[C@H](C)C2)cc1. The molecule has 0 radical (unpaired) electrons. The third-order valence-corrected chi connectivity index (χ3v) is 6.76. The van der Waals surface area contributed by atoms with E-state index in [9.17, 15) is 8.42 Å². The number of hydrogen-bond acceptors (Lipinski definition) is 4. The van der Waals surface area contributed by atoms with Crippen molar-refractivity contribution in [3.8, 4) is 5.75 Å². The molecule has 146 valence electrons. The van der Waals surface area contributed by atoms with Crippen molar-refractivity contribution in [3.05, 3.63) is 52.5 Å². The Morgan fingerprint density at radius 1 is 1.22 bits per heavy atom. The van der Waals surface area contributed by atoms with Crippen molar-refractivity contribution in [2.75, 3.05) is 25.1 Å². The van der Waals surface area contributed by atoms with Crippen LogP contribution in [0.4, 0.5) is 5.69 Å². The van der Waals surface area contributed by atoms with E-state index in [0.717, 1.165) is 18.7 Å². The van der Waals surface area contributed by atoms with Crippen molar-refractivity contribution in [1.82, 2.24) is 4.72 Å². The van der Waals surface area contributed by atoms with Crippen LogP contribution in [0.1, 0.15) is 25.3 Å². The van der Waals surface area contributed by atoms with Crippen LogP contribution in [-0.2, 0) is 16.6 Å². The molecule has 3 rings (SSSR count). The summed E-state index contributed by atoms with van der Waals surface area (Å²) in [5, 5.41) is 0. The van der Waals surface area contributed by atoms with Crippen LogP contribution < -0.4 is 14.4 Å². The number of benzene rings is 2. The van der Waals surface area contributed by atoms with Gasteiger partial charge in [-0.1, -0.05) is 35.0 Å². The van der Waals surface area contributed by atoms with E-state index in [1.807, 2.05) is 12.1 Å². The molecule has 1 aliphatic heterocycles. The minimum atomic E-state index is -3.68. The minimum Gasteiger partial charge on any atom is -0.495 e. The Labute approximate surface area is 169 Å². The van der Waals surface area contributed by atoms with Crippen LogP contribution in [0.5, 0.6) is 5.75 Å². The smallest absolute Gasteiger partial charge is 0.244 e. The summed E-state index contributed by atoms with van der Waals surface area (Å²) < 4.78 is 33.9. The highest BCUT2D eigenvalue weighted by atomic mass is 79.9. The van der Waals surface area contributed by atoms with Crippen molar-refractivity contribution >= 4 is 31.6 Å². The largest absolute Gasteiger partial charge is 0.495 e. The van der Waals surface area contributed by atoms with Crippen LogP contribution >= 0.6 is 15.9 Å². The first-order chi connectivity index (χ1) is 12.9. The number of rotatable bonds is 6. The first-order valence-electron chi connectivity index (χ1n) is 9.06. The van der Waals surface area contributed by atoms with Gasteiger partial charge in [-0.25, -0.2) is 13.1 Å². The topological polar surface area (TPSA) is 58.6 Å². The maximum absolute atomic E-state index is 12.7. The van der Waals surface area contributed by atoms with Gasteiger partial charge in [0, 0.05) is 29.8 Å². The number of nitrogens with zero attached hydrogens (tertiary/aromatic N) is 1. The van der Waals surface area contributed by atoms with Gasteiger partial charge in [-0.05, 0) is 54.7 Å². The normalized spacial score (nSPS) is 17.7. The van der Waals surface area contributed by atoms with Gasteiger partial charge in [0.05, 0.1) is 7.11 Å². The Morgan fingerprint density at radius 2 is 1.96 bits per heavy atom. The van der Waals surface area contributed by atoms with Crippen molar-refractivity contribution in [2.24, 2.45) is 5.92 Å². The minimum absolute atomic E-state index is 0.123. The zero-order chi connectivity index (χ0) is 19.4. The molecular formula is C20H25BrN2O3S. The molecule has 0 amide bonds. The molecule has 2 aromatic carbocycles. The number of anilines is 1. The second-order valence-electron chi connectivity index (χ2n) is 6.98. The summed E-state index contributed by atoms with van der Waals surface area (Å²) in [6.45, 7) is 4.67. The van der Waals surface area contributed by atoms with Crippen molar-refractivity contribution in [3.63, 3.8) is 0 Å². The molecule has 1 saturated heterocycles. The first-order valence-corrected chi connectivity index (χ1v) is 11.3. The third-order valence-electron chi connectivity index (χ3n) is 4.84. The fraction of sp³-hybridized carbons (Fsp3) is 0.400. The lowest BCUT2D eigenvalue weighted by Crippen LogP contribution is -2.34. The summed E-state index contributed by atoms with van der Waals surface area (Å²) in [7, 11) is -2.22. The predicted octanol–water partition coefficient (Wildman–Crippen LogP) is 4.17. The van der Waals surface area contributed by atoms with Crippen molar-refractivity contribution in [1.29, 1.82) is 0 Å². The number of piperidine rings is 1. The number of halogens is 1. The summed E-state index contributed by atoms with van der Waals surface area (Å²) in [5.41, 5.74) is 2.11. The van der Waals surface area contributed by atoms with E-state index in [0.29, 0.717) is 16.1 Å². The molecule has 27 heavy (non-hydrogen) atoms. The van der Waals surface area contributed by atoms with E-state index in [1.54, 1.807) is 18.2 Å². The molecule has 2 aromatic rings. The molecular weight excluding hydrogens is 428 g/mol. The average molecular weight is 453 g/mol. The fourth-order valence-electron chi connectivity index (χ4n) is 3.37. The van der Waals surface area contributed by atoms with Gasteiger partial charge in [0.1, 0.15) is 10.6 Å². The zero-order valence-corrected chi connectivity index (χ0v) is 18.0. The molecule has 1 heterocycles. The Kier molecular flexibility index (Phi) is 6.44. The summed E-state index contributed by atoms with van der Waals surface area (Å²) in [6, 6.07) is 13.0. The lowest BCUT2D eigenvalue weighted by Gasteiger charge is -2.32. The predicted molar refractivity (Wildman–Crippen MR) is 112 cm³/mol. The molecule has 1 N–H and O–H groups in total. The van der Waals surface area contributed by atoms with Crippen molar-refractivity contribution < 1.29 is 13.2 Å². The number of nitrogens with one attached hydrogen (secondary N) is 1. The molecule has 0 bridgehead atoms. The Balaban J connectivity index is 1.68. The van der Waals surface area contributed by atoms with E-state index in [4.69, 9.17) is 4.74 Å². The molecule has 0 saturated carbocycles. The Morgan fingerprint density at radius 3 is 2.63 bits per heavy atom. The van der Waals surface area contributed by atoms with E-state index < -0.39 is 10.0 Å².